The summed E-state index contributed by atoms with van der Waals surface area (Å²) in [4.78, 5) is 22.8. The molecule has 1 amide bonds. The number of aryl methyl sites for hydroxylation is 1. The van der Waals surface area contributed by atoms with E-state index in [9.17, 15) is 9.59 Å². The molecule has 0 fully saturated rings. The maximum Gasteiger partial charge on any atom is 0.307 e. The fourth-order valence-electron chi connectivity index (χ4n) is 1.43. The molecule has 0 spiro atoms. The Morgan fingerprint density at radius 1 is 1.32 bits per heavy atom. The molecule has 2 N–H and O–H groups in total. The molecular weight excluding hydrogens is 334 g/mol. The third kappa shape index (κ3) is 3.94. The van der Waals surface area contributed by atoms with Crippen molar-refractivity contribution < 1.29 is 14.7 Å². The van der Waals surface area contributed by atoms with Crippen LogP contribution in [0.3, 0.4) is 0 Å². The van der Waals surface area contributed by atoms with E-state index in [-0.39, 0.29) is 5.91 Å². The molecule has 0 aliphatic heterocycles. The van der Waals surface area contributed by atoms with E-state index < -0.39 is 17.8 Å². The van der Waals surface area contributed by atoms with Crippen LogP contribution in [0.4, 0.5) is 5.69 Å². The highest BCUT2D eigenvalue weighted by Gasteiger charge is 2.26. The van der Waals surface area contributed by atoms with Crippen molar-refractivity contribution in [3.63, 3.8) is 0 Å². The lowest BCUT2D eigenvalue weighted by Gasteiger charge is -2.17. The van der Waals surface area contributed by atoms with Crippen LogP contribution in [0, 0.1) is 18.8 Å². The van der Waals surface area contributed by atoms with Gasteiger partial charge in [0.05, 0.1) is 11.6 Å². The van der Waals surface area contributed by atoms with Crippen molar-refractivity contribution in [1.82, 2.24) is 0 Å². The number of carbonyl (C=O) groups is 2. The zero-order chi connectivity index (χ0) is 14.7. The van der Waals surface area contributed by atoms with Gasteiger partial charge in [-0.3, -0.25) is 9.59 Å². The molecule has 0 aliphatic carbocycles. The van der Waals surface area contributed by atoms with E-state index in [1.165, 1.54) is 6.92 Å². The summed E-state index contributed by atoms with van der Waals surface area (Å²) in [6.07, 6.45) is 0. The monoisotopic (exact) mass is 347 g/mol. The average Bonchev–Trinajstić information content (AvgIpc) is 2.33. The van der Waals surface area contributed by atoms with Crippen molar-refractivity contribution in [3.8, 4) is 0 Å². The first-order valence-electron chi connectivity index (χ1n) is 5.73. The van der Waals surface area contributed by atoms with Crippen LogP contribution in [0.15, 0.2) is 16.6 Å². The SMILES string of the molecule is Cc1cc(Br)c(NC(=O)C(C)C(C)C(=O)O)cc1Cl. The molecular formula is C13H15BrClNO3. The van der Waals surface area contributed by atoms with Crippen LogP contribution >= 0.6 is 27.5 Å². The molecule has 0 saturated carbocycles. The maximum absolute atomic E-state index is 12.0. The van der Waals surface area contributed by atoms with Gasteiger partial charge in [0.15, 0.2) is 0 Å². The molecule has 0 bridgehead atoms. The highest BCUT2D eigenvalue weighted by atomic mass is 79.9. The molecule has 0 aliphatic rings. The molecule has 0 radical (unpaired) electrons. The van der Waals surface area contributed by atoms with Crippen LogP contribution in [-0.4, -0.2) is 17.0 Å². The number of aliphatic carboxylic acids is 1. The van der Waals surface area contributed by atoms with Crippen LogP contribution in [0.25, 0.3) is 0 Å². The molecule has 2 atom stereocenters. The first kappa shape index (κ1) is 16.0. The number of carbonyl (C=O) groups excluding carboxylic acids is 1. The Morgan fingerprint density at radius 2 is 1.89 bits per heavy atom. The van der Waals surface area contributed by atoms with Gasteiger partial charge in [-0.2, -0.15) is 0 Å². The lowest BCUT2D eigenvalue weighted by Crippen LogP contribution is -2.30. The molecule has 0 heterocycles. The second-order valence-corrected chi connectivity index (χ2v) is 5.75. The summed E-state index contributed by atoms with van der Waals surface area (Å²) in [6, 6.07) is 3.43. The van der Waals surface area contributed by atoms with Crippen molar-refractivity contribution in [2.75, 3.05) is 5.32 Å². The number of amides is 1. The summed E-state index contributed by atoms with van der Waals surface area (Å²) in [5, 5.41) is 12.1. The van der Waals surface area contributed by atoms with E-state index in [0.717, 1.165) is 5.56 Å². The number of hydrogen-bond acceptors (Lipinski definition) is 2. The number of hydrogen-bond donors (Lipinski definition) is 2. The van der Waals surface area contributed by atoms with Crippen LogP contribution in [0.2, 0.25) is 5.02 Å². The fourth-order valence-corrected chi connectivity index (χ4v) is 2.15. The Morgan fingerprint density at radius 3 is 2.42 bits per heavy atom. The molecule has 4 nitrogen and oxygen atoms in total. The van der Waals surface area contributed by atoms with Crippen molar-refractivity contribution in [3.05, 3.63) is 27.2 Å². The zero-order valence-electron chi connectivity index (χ0n) is 10.8. The lowest BCUT2D eigenvalue weighted by molar-refractivity contribution is -0.145. The smallest absolute Gasteiger partial charge is 0.307 e. The van der Waals surface area contributed by atoms with Crippen molar-refractivity contribution in [2.24, 2.45) is 11.8 Å². The molecule has 104 valence electrons. The second-order valence-electron chi connectivity index (χ2n) is 4.49. The van der Waals surface area contributed by atoms with Gasteiger partial charge in [-0.25, -0.2) is 0 Å². The van der Waals surface area contributed by atoms with Gasteiger partial charge in [-0.1, -0.05) is 25.4 Å². The van der Waals surface area contributed by atoms with Crippen molar-refractivity contribution >= 4 is 45.1 Å². The van der Waals surface area contributed by atoms with E-state index >= 15 is 0 Å². The third-order valence-electron chi connectivity index (χ3n) is 3.06. The summed E-state index contributed by atoms with van der Waals surface area (Å²) in [7, 11) is 0. The van der Waals surface area contributed by atoms with Crippen molar-refractivity contribution in [2.45, 2.75) is 20.8 Å². The quantitative estimate of drug-likeness (QED) is 0.871. The molecule has 1 aromatic rings. The van der Waals surface area contributed by atoms with Crippen LogP contribution in [0.5, 0.6) is 0 Å². The Kier molecular flexibility index (Phi) is 5.38. The molecule has 2 unspecified atom stereocenters. The van der Waals surface area contributed by atoms with Gasteiger partial charge >= 0.3 is 5.97 Å². The van der Waals surface area contributed by atoms with Crippen LogP contribution in [0.1, 0.15) is 19.4 Å². The highest BCUT2D eigenvalue weighted by molar-refractivity contribution is 9.10. The fraction of sp³-hybridized carbons (Fsp3) is 0.385. The predicted molar refractivity (Wildman–Crippen MR) is 78.5 cm³/mol. The lowest BCUT2D eigenvalue weighted by atomic mass is 9.95. The van der Waals surface area contributed by atoms with Gasteiger partial charge in [0.25, 0.3) is 0 Å². The van der Waals surface area contributed by atoms with Gasteiger partial charge in [0.2, 0.25) is 5.91 Å². The number of benzene rings is 1. The molecule has 6 heteroatoms. The van der Waals surface area contributed by atoms with Crippen LogP contribution in [-0.2, 0) is 9.59 Å². The van der Waals surface area contributed by atoms with E-state index in [0.29, 0.717) is 15.2 Å². The van der Waals surface area contributed by atoms with E-state index in [1.54, 1.807) is 19.1 Å². The van der Waals surface area contributed by atoms with Gasteiger partial charge in [-0.05, 0) is 40.5 Å². The number of nitrogens with one attached hydrogen (secondary N) is 1. The van der Waals surface area contributed by atoms with Gasteiger partial charge in [0, 0.05) is 15.4 Å². The zero-order valence-corrected chi connectivity index (χ0v) is 13.2. The highest BCUT2D eigenvalue weighted by Crippen LogP contribution is 2.29. The Balaban J connectivity index is 2.88. The van der Waals surface area contributed by atoms with Crippen LogP contribution < -0.4 is 5.32 Å². The molecule has 1 aromatic carbocycles. The summed E-state index contributed by atoms with van der Waals surface area (Å²) in [5.41, 5.74) is 1.42. The number of anilines is 1. The van der Waals surface area contributed by atoms with E-state index in [4.69, 9.17) is 16.7 Å². The molecule has 0 aromatic heterocycles. The summed E-state index contributed by atoms with van der Waals surface area (Å²) in [5.74, 6) is -2.73. The first-order chi connectivity index (χ1) is 8.73. The van der Waals surface area contributed by atoms with Crippen molar-refractivity contribution in [1.29, 1.82) is 0 Å². The normalized spacial score (nSPS) is 13.7. The first-order valence-corrected chi connectivity index (χ1v) is 6.90. The largest absolute Gasteiger partial charge is 0.481 e. The number of carboxylic acids is 1. The van der Waals surface area contributed by atoms with E-state index in [1.807, 2.05) is 6.92 Å². The standard InChI is InChI=1S/C13H15BrClNO3/c1-6-4-9(14)11(5-10(6)15)16-12(17)7(2)8(3)13(18)19/h4-5,7-8H,1-3H3,(H,16,17)(H,18,19). The van der Waals surface area contributed by atoms with Gasteiger partial charge in [-0.15, -0.1) is 0 Å². The summed E-state index contributed by atoms with van der Waals surface area (Å²) in [6.45, 7) is 4.94. The Bertz CT molecular complexity index is 519. The number of carboxylic acid groups (broad SMARTS) is 1. The second kappa shape index (κ2) is 6.39. The minimum atomic E-state index is -0.997. The van der Waals surface area contributed by atoms with Gasteiger partial charge < -0.3 is 10.4 Å². The number of halogens is 2. The number of rotatable bonds is 4. The molecule has 1 rings (SSSR count). The summed E-state index contributed by atoms with van der Waals surface area (Å²) < 4.78 is 0.706. The minimum absolute atomic E-state index is 0.351. The molecule has 0 saturated heterocycles. The maximum atomic E-state index is 12.0. The van der Waals surface area contributed by atoms with Gasteiger partial charge in [0.1, 0.15) is 0 Å². The summed E-state index contributed by atoms with van der Waals surface area (Å²) >= 11 is 9.33. The average molecular weight is 349 g/mol. The Hall–Kier alpha value is -1.07. The Labute approximate surface area is 125 Å². The predicted octanol–water partition coefficient (Wildman–Crippen LogP) is 3.71. The topological polar surface area (TPSA) is 66.4 Å². The molecule has 19 heavy (non-hydrogen) atoms. The third-order valence-corrected chi connectivity index (χ3v) is 4.12. The van der Waals surface area contributed by atoms with E-state index in [2.05, 4.69) is 21.2 Å². The minimum Gasteiger partial charge on any atom is -0.481 e.